The molecule has 3 N–H and O–H groups in total. The van der Waals surface area contributed by atoms with Crippen LogP contribution < -0.4 is 5.32 Å². The summed E-state index contributed by atoms with van der Waals surface area (Å²) < 4.78 is 37.2. The molecule has 0 aliphatic carbocycles. The van der Waals surface area contributed by atoms with Crippen LogP contribution in [0.4, 0.5) is 11.6 Å². The number of rotatable bonds is 11. The number of hydrogen-bond donors (Lipinski definition) is 3. The molecule has 0 radical (unpaired) electrons. The van der Waals surface area contributed by atoms with Crippen LogP contribution in [-0.4, -0.2) is 56.4 Å². The predicted molar refractivity (Wildman–Crippen MR) is 150 cm³/mol. The second-order valence-electron chi connectivity index (χ2n) is 9.08. The molecule has 15 heteroatoms. The number of imide groups is 1. The van der Waals surface area contributed by atoms with Crippen molar-refractivity contribution in [3.63, 3.8) is 0 Å². The fourth-order valence-corrected chi connectivity index (χ4v) is 5.38. The SMILES string of the molecule is CCN1C(=O)c2ccc(Cc3nc(Cc4cccc(SOOO)c4)nc(Nc4cccc(S(=O)(=O)O)c4)n3)cc2C1=O. The zero-order valence-electron chi connectivity index (χ0n) is 21.9. The summed E-state index contributed by atoms with van der Waals surface area (Å²) in [5.41, 5.74) is 2.48. The number of anilines is 2. The van der Waals surface area contributed by atoms with Gasteiger partial charge in [-0.05, 0) is 60.5 Å². The maximum absolute atomic E-state index is 12.7. The number of carbonyl (C=O) groups is 2. The van der Waals surface area contributed by atoms with Crippen molar-refractivity contribution in [3.05, 3.63) is 101 Å². The molecule has 2 heterocycles. The number of nitrogens with one attached hydrogen (secondary N) is 1. The molecule has 0 saturated carbocycles. The average molecular weight is 610 g/mol. The van der Waals surface area contributed by atoms with Gasteiger partial charge in [-0.2, -0.15) is 18.4 Å². The summed E-state index contributed by atoms with van der Waals surface area (Å²) in [4.78, 5) is 40.3. The van der Waals surface area contributed by atoms with Gasteiger partial charge in [0.15, 0.2) is 0 Å². The third kappa shape index (κ3) is 6.62. The van der Waals surface area contributed by atoms with Crippen molar-refractivity contribution >= 4 is 45.6 Å². The molecule has 1 aromatic heterocycles. The minimum Gasteiger partial charge on any atom is -0.324 e. The Labute approximate surface area is 244 Å². The van der Waals surface area contributed by atoms with Crippen LogP contribution in [0.5, 0.6) is 0 Å². The lowest BCUT2D eigenvalue weighted by molar-refractivity contribution is -0.432. The smallest absolute Gasteiger partial charge is 0.294 e. The highest BCUT2D eigenvalue weighted by molar-refractivity contribution is 7.94. The zero-order valence-corrected chi connectivity index (χ0v) is 23.6. The second kappa shape index (κ2) is 12.3. The van der Waals surface area contributed by atoms with Crippen LogP contribution in [0.3, 0.4) is 0 Å². The van der Waals surface area contributed by atoms with Gasteiger partial charge in [-0.15, -0.1) is 4.33 Å². The van der Waals surface area contributed by atoms with Gasteiger partial charge in [0.2, 0.25) is 5.95 Å². The van der Waals surface area contributed by atoms with E-state index in [-0.39, 0.29) is 42.0 Å². The maximum Gasteiger partial charge on any atom is 0.294 e. The molecule has 13 nitrogen and oxygen atoms in total. The van der Waals surface area contributed by atoms with E-state index in [2.05, 4.69) is 29.6 Å². The number of fused-ring (bicyclic) bond motifs is 1. The number of benzene rings is 3. The lowest BCUT2D eigenvalue weighted by Gasteiger charge is -2.11. The van der Waals surface area contributed by atoms with Crippen molar-refractivity contribution in [1.29, 1.82) is 0 Å². The fraction of sp³-hybridized carbons (Fsp3) is 0.148. The van der Waals surface area contributed by atoms with Crippen molar-refractivity contribution in [2.75, 3.05) is 11.9 Å². The van der Waals surface area contributed by atoms with Gasteiger partial charge < -0.3 is 5.32 Å². The van der Waals surface area contributed by atoms with E-state index in [0.717, 1.165) is 17.6 Å². The molecule has 0 unspecified atom stereocenters. The van der Waals surface area contributed by atoms with Crippen molar-refractivity contribution in [3.8, 4) is 0 Å². The van der Waals surface area contributed by atoms with Gasteiger partial charge in [-0.3, -0.25) is 19.0 Å². The van der Waals surface area contributed by atoms with Gasteiger partial charge in [0.1, 0.15) is 11.6 Å². The first kappa shape index (κ1) is 29.2. The molecular weight excluding hydrogens is 586 g/mol. The van der Waals surface area contributed by atoms with Crippen LogP contribution in [0, 0.1) is 0 Å². The molecule has 1 aliphatic heterocycles. The molecule has 2 amide bonds. The molecule has 4 aromatic rings. The van der Waals surface area contributed by atoms with Crippen molar-refractivity contribution in [2.45, 2.75) is 29.6 Å². The highest BCUT2D eigenvalue weighted by atomic mass is 32.2. The van der Waals surface area contributed by atoms with E-state index in [4.69, 9.17) is 5.26 Å². The van der Waals surface area contributed by atoms with Crippen LogP contribution in [0.25, 0.3) is 0 Å². The van der Waals surface area contributed by atoms with E-state index in [1.165, 1.54) is 23.1 Å². The minimum atomic E-state index is -4.43. The van der Waals surface area contributed by atoms with E-state index >= 15 is 0 Å². The summed E-state index contributed by atoms with van der Waals surface area (Å²) in [6.45, 7) is 2.00. The highest BCUT2D eigenvalue weighted by Gasteiger charge is 2.34. The quantitative estimate of drug-likeness (QED) is 0.0728. The summed E-state index contributed by atoms with van der Waals surface area (Å²) >= 11 is 0.808. The Kier molecular flexibility index (Phi) is 8.58. The molecule has 0 bridgehead atoms. The third-order valence-electron chi connectivity index (χ3n) is 6.25. The van der Waals surface area contributed by atoms with Gasteiger partial charge in [0.25, 0.3) is 21.9 Å². The largest absolute Gasteiger partial charge is 0.324 e. The van der Waals surface area contributed by atoms with Crippen LogP contribution >= 0.6 is 12.0 Å². The highest BCUT2D eigenvalue weighted by Crippen LogP contribution is 2.26. The van der Waals surface area contributed by atoms with E-state index in [0.29, 0.717) is 38.9 Å². The van der Waals surface area contributed by atoms with Gasteiger partial charge >= 0.3 is 0 Å². The first-order valence-electron chi connectivity index (χ1n) is 12.5. The number of carbonyl (C=O) groups excluding carboxylic acids is 2. The standard InChI is InChI=1S/C27H23N5O8S2/c1-2-32-25(33)21-10-9-17(12-22(21)26(32)34)14-24-29-23(13-16-5-3-7-19(11-16)41-40-39-35)30-27(31-24)28-18-6-4-8-20(15-18)42(36,37)38/h3-12,15,35H,2,13-14H2,1H3,(H,36,37,38)(H,28,29,30,31). The van der Waals surface area contributed by atoms with E-state index in [1.54, 1.807) is 49.4 Å². The van der Waals surface area contributed by atoms with Crippen LogP contribution in [0.15, 0.2) is 76.5 Å². The molecule has 0 fully saturated rings. The minimum absolute atomic E-state index is 0.120. The Hall–Kier alpha value is -4.25. The molecule has 42 heavy (non-hydrogen) atoms. The normalized spacial score (nSPS) is 13.0. The maximum atomic E-state index is 12.7. The summed E-state index contributed by atoms with van der Waals surface area (Å²) in [5.74, 6) is 0.153. The van der Waals surface area contributed by atoms with E-state index < -0.39 is 10.1 Å². The Morgan fingerprint density at radius 3 is 2.26 bits per heavy atom. The van der Waals surface area contributed by atoms with E-state index in [9.17, 15) is 22.6 Å². The first-order chi connectivity index (χ1) is 20.1. The fourth-order valence-electron chi connectivity index (χ4n) is 4.41. The van der Waals surface area contributed by atoms with Crippen molar-refractivity contribution in [2.24, 2.45) is 0 Å². The Morgan fingerprint density at radius 2 is 1.57 bits per heavy atom. The van der Waals surface area contributed by atoms with Gasteiger partial charge in [0, 0.05) is 30.0 Å². The van der Waals surface area contributed by atoms with Crippen molar-refractivity contribution in [1.82, 2.24) is 19.9 Å². The lowest BCUT2D eigenvalue weighted by atomic mass is 10.0. The lowest BCUT2D eigenvalue weighted by Crippen LogP contribution is -2.29. The summed E-state index contributed by atoms with van der Waals surface area (Å²) in [5, 5.41) is 15.1. The van der Waals surface area contributed by atoms with Crippen LogP contribution in [-0.2, 0) is 32.3 Å². The number of aromatic nitrogens is 3. The van der Waals surface area contributed by atoms with Crippen molar-refractivity contribution < 1.29 is 37.2 Å². The number of hydrogen-bond acceptors (Lipinski definition) is 12. The van der Waals surface area contributed by atoms with Crippen LogP contribution in [0.2, 0.25) is 0 Å². The molecule has 0 atom stereocenters. The summed E-state index contributed by atoms with van der Waals surface area (Å²) in [6.07, 6.45) is 0.472. The summed E-state index contributed by atoms with van der Waals surface area (Å²) in [6, 6.07) is 17.7. The molecule has 5 rings (SSSR count). The number of amides is 2. The summed E-state index contributed by atoms with van der Waals surface area (Å²) in [7, 11) is -4.43. The molecular formula is C27H23N5O8S2. The third-order valence-corrected chi connectivity index (χ3v) is 7.68. The molecule has 0 spiro atoms. The molecule has 1 aliphatic rings. The molecule has 216 valence electrons. The van der Waals surface area contributed by atoms with Gasteiger partial charge in [-0.25, -0.2) is 10.2 Å². The van der Waals surface area contributed by atoms with Crippen LogP contribution in [0.1, 0.15) is 50.4 Å². The van der Waals surface area contributed by atoms with Gasteiger partial charge in [0.05, 0.1) is 28.1 Å². The monoisotopic (exact) mass is 609 g/mol. The first-order valence-corrected chi connectivity index (χ1v) is 14.6. The second-order valence-corrected chi connectivity index (χ2v) is 11.3. The van der Waals surface area contributed by atoms with E-state index in [1.807, 2.05) is 6.07 Å². The predicted octanol–water partition coefficient (Wildman–Crippen LogP) is 4.09. The average Bonchev–Trinajstić information content (AvgIpc) is 3.19. The van der Waals surface area contributed by atoms with Gasteiger partial charge in [-0.1, -0.05) is 29.3 Å². The zero-order chi connectivity index (χ0) is 29.9. The Balaban J connectivity index is 1.48. The Morgan fingerprint density at radius 1 is 0.881 bits per heavy atom. The molecule has 0 saturated heterocycles. The number of nitrogens with zero attached hydrogens (tertiary/aromatic N) is 4. The topological polar surface area (TPSA) is 181 Å². The molecule has 3 aromatic carbocycles. The Bertz CT molecular complexity index is 1780.